The van der Waals surface area contributed by atoms with E-state index in [1.54, 1.807) is 6.92 Å². The topological polar surface area (TPSA) is 26.3 Å². The molecule has 0 spiro atoms. The largest absolute Gasteiger partial charge is 0.373 e. The monoisotopic (exact) mass is 244 g/mol. The zero-order valence-corrected chi connectivity index (χ0v) is 11.9. The molecule has 0 aliphatic heterocycles. The Kier molecular flexibility index (Phi) is 4.87. The molecule has 2 nitrogen and oxygen atoms in total. The molecule has 0 heterocycles. The van der Waals surface area contributed by atoms with Gasteiger partial charge in [-0.2, -0.15) is 0 Å². The summed E-state index contributed by atoms with van der Waals surface area (Å²) in [6.07, 6.45) is 3.79. The maximum absolute atomic E-state index is 11.0. The fourth-order valence-corrected chi connectivity index (χ4v) is 3.46. The Hall–Kier alpha value is -0.0200. The first-order valence-electron chi connectivity index (χ1n) is 6.13. The first kappa shape index (κ1) is 14.0. The van der Waals surface area contributed by atoms with Crippen molar-refractivity contribution in [3.8, 4) is 0 Å². The minimum absolute atomic E-state index is 0.0643. The molecular weight excluding hydrogens is 220 g/mol. The Morgan fingerprint density at radius 2 is 2.00 bits per heavy atom. The Morgan fingerprint density at radius 3 is 2.50 bits per heavy atom. The Bertz CT molecular complexity index is 245. The first-order chi connectivity index (χ1) is 7.28. The summed E-state index contributed by atoms with van der Waals surface area (Å²) in [5.74, 6) is 0.621. The van der Waals surface area contributed by atoms with Gasteiger partial charge in [-0.3, -0.25) is 4.79 Å². The Morgan fingerprint density at radius 1 is 1.38 bits per heavy atom. The van der Waals surface area contributed by atoms with E-state index in [-0.39, 0.29) is 10.7 Å². The van der Waals surface area contributed by atoms with Crippen LogP contribution in [0, 0.1) is 5.92 Å². The second-order valence-corrected chi connectivity index (χ2v) is 7.22. The lowest BCUT2D eigenvalue weighted by atomic mass is 10.0. The fourth-order valence-electron chi connectivity index (χ4n) is 2.40. The van der Waals surface area contributed by atoms with Crippen LogP contribution in [0.2, 0.25) is 0 Å². The second-order valence-electron chi connectivity index (χ2n) is 5.74. The van der Waals surface area contributed by atoms with Crippen molar-refractivity contribution in [2.45, 2.75) is 70.8 Å². The van der Waals surface area contributed by atoms with E-state index in [1.165, 1.54) is 18.2 Å². The van der Waals surface area contributed by atoms with E-state index in [4.69, 9.17) is 4.74 Å². The number of ether oxygens (including phenoxy) is 1. The summed E-state index contributed by atoms with van der Waals surface area (Å²) in [5.41, 5.74) is -0.0643. The Balaban J connectivity index is 2.37. The van der Waals surface area contributed by atoms with Crippen molar-refractivity contribution in [3.05, 3.63) is 0 Å². The molecule has 3 heteroatoms. The van der Waals surface area contributed by atoms with Crippen LogP contribution >= 0.6 is 11.8 Å². The summed E-state index contributed by atoms with van der Waals surface area (Å²) in [6.45, 7) is 10.1. The molecule has 0 N–H and O–H groups in total. The van der Waals surface area contributed by atoms with E-state index in [1.807, 2.05) is 0 Å². The average molecular weight is 244 g/mol. The third-order valence-corrected chi connectivity index (χ3v) is 4.05. The van der Waals surface area contributed by atoms with Crippen molar-refractivity contribution in [2.75, 3.05) is 0 Å². The van der Waals surface area contributed by atoms with Gasteiger partial charge < -0.3 is 4.74 Å². The number of hydrogen-bond acceptors (Lipinski definition) is 3. The predicted molar refractivity (Wildman–Crippen MR) is 69.7 cm³/mol. The molecule has 1 aliphatic rings. The van der Waals surface area contributed by atoms with Crippen LogP contribution in [0.25, 0.3) is 0 Å². The van der Waals surface area contributed by atoms with E-state index in [0.29, 0.717) is 17.3 Å². The number of carbonyl (C=O) groups excluding carboxylic acids is 1. The van der Waals surface area contributed by atoms with Crippen molar-refractivity contribution in [3.63, 3.8) is 0 Å². The average Bonchev–Trinajstić information content (AvgIpc) is 2.48. The molecule has 94 valence electrons. The second kappa shape index (κ2) is 5.54. The molecule has 1 saturated carbocycles. The van der Waals surface area contributed by atoms with Gasteiger partial charge in [0.1, 0.15) is 0 Å². The highest BCUT2D eigenvalue weighted by Gasteiger charge is 2.32. The molecule has 0 aromatic carbocycles. The normalized spacial score (nSPS) is 28.1. The molecule has 1 rings (SSSR count). The van der Waals surface area contributed by atoms with Crippen molar-refractivity contribution in [2.24, 2.45) is 5.92 Å². The van der Waals surface area contributed by atoms with Crippen LogP contribution in [-0.4, -0.2) is 22.1 Å². The quantitative estimate of drug-likeness (QED) is 0.758. The molecule has 3 atom stereocenters. The molecule has 0 bridgehead atoms. The minimum atomic E-state index is -0.0643. The van der Waals surface area contributed by atoms with Gasteiger partial charge in [0.05, 0.1) is 11.7 Å². The van der Waals surface area contributed by atoms with Crippen LogP contribution in [0.5, 0.6) is 0 Å². The van der Waals surface area contributed by atoms with Crippen molar-refractivity contribution >= 4 is 16.9 Å². The number of carbonyl (C=O) groups is 1. The SMILES string of the molecule is CC(=O)SC1CCC(C(C)OC(C)(C)C)C1. The predicted octanol–water partition coefficient (Wildman–Crippen LogP) is 3.64. The summed E-state index contributed by atoms with van der Waals surface area (Å²) in [4.78, 5) is 11.0. The summed E-state index contributed by atoms with van der Waals surface area (Å²) < 4.78 is 5.98. The molecule has 0 amide bonds. The fraction of sp³-hybridized carbons (Fsp3) is 0.923. The highest BCUT2D eigenvalue weighted by molar-refractivity contribution is 8.14. The van der Waals surface area contributed by atoms with E-state index in [0.717, 1.165) is 12.8 Å². The molecular formula is C13H24O2S. The molecule has 0 saturated heterocycles. The zero-order valence-electron chi connectivity index (χ0n) is 11.1. The third kappa shape index (κ3) is 4.88. The lowest BCUT2D eigenvalue weighted by Crippen LogP contribution is -2.30. The standard InChI is InChI=1S/C13H24O2S/c1-9(15-13(3,4)5)11-6-7-12(8-11)16-10(2)14/h9,11-12H,6-8H2,1-5H3. The summed E-state index contributed by atoms with van der Waals surface area (Å²) in [6, 6.07) is 0. The van der Waals surface area contributed by atoms with Crippen molar-refractivity contribution in [1.82, 2.24) is 0 Å². The highest BCUT2D eigenvalue weighted by atomic mass is 32.2. The lowest BCUT2D eigenvalue weighted by Gasteiger charge is -2.29. The van der Waals surface area contributed by atoms with Crippen LogP contribution in [0.1, 0.15) is 53.9 Å². The van der Waals surface area contributed by atoms with Gasteiger partial charge >= 0.3 is 0 Å². The van der Waals surface area contributed by atoms with Gasteiger partial charge in [-0.1, -0.05) is 11.8 Å². The van der Waals surface area contributed by atoms with E-state index >= 15 is 0 Å². The zero-order chi connectivity index (χ0) is 12.3. The number of rotatable bonds is 3. The maximum Gasteiger partial charge on any atom is 0.186 e. The Labute approximate surface area is 104 Å². The molecule has 3 unspecified atom stereocenters. The van der Waals surface area contributed by atoms with Crippen molar-refractivity contribution in [1.29, 1.82) is 0 Å². The van der Waals surface area contributed by atoms with Gasteiger partial charge in [0.25, 0.3) is 0 Å². The number of hydrogen-bond donors (Lipinski definition) is 0. The van der Waals surface area contributed by atoms with Gasteiger partial charge in [-0.05, 0) is 52.9 Å². The van der Waals surface area contributed by atoms with Crippen LogP contribution in [-0.2, 0) is 9.53 Å². The van der Waals surface area contributed by atoms with Crippen LogP contribution in [0.3, 0.4) is 0 Å². The van der Waals surface area contributed by atoms with Crippen LogP contribution in [0.4, 0.5) is 0 Å². The van der Waals surface area contributed by atoms with E-state index < -0.39 is 0 Å². The lowest BCUT2D eigenvalue weighted by molar-refractivity contribution is -0.109. The van der Waals surface area contributed by atoms with Gasteiger partial charge in [0, 0.05) is 12.2 Å². The molecule has 0 aromatic heterocycles. The van der Waals surface area contributed by atoms with Gasteiger partial charge in [-0.15, -0.1) is 0 Å². The van der Waals surface area contributed by atoms with Gasteiger partial charge in [0.2, 0.25) is 0 Å². The van der Waals surface area contributed by atoms with E-state index in [9.17, 15) is 4.79 Å². The van der Waals surface area contributed by atoms with Crippen LogP contribution < -0.4 is 0 Å². The molecule has 16 heavy (non-hydrogen) atoms. The smallest absolute Gasteiger partial charge is 0.186 e. The molecule has 0 aromatic rings. The summed E-state index contributed by atoms with van der Waals surface area (Å²) >= 11 is 1.51. The van der Waals surface area contributed by atoms with E-state index in [2.05, 4.69) is 27.7 Å². The molecule has 0 radical (unpaired) electrons. The van der Waals surface area contributed by atoms with Crippen molar-refractivity contribution < 1.29 is 9.53 Å². The van der Waals surface area contributed by atoms with Gasteiger partial charge in [-0.25, -0.2) is 0 Å². The summed E-state index contributed by atoms with van der Waals surface area (Å²) in [5, 5.41) is 0.767. The number of thioether (sulfide) groups is 1. The van der Waals surface area contributed by atoms with Gasteiger partial charge in [0.15, 0.2) is 5.12 Å². The molecule has 1 aliphatic carbocycles. The maximum atomic E-state index is 11.0. The molecule has 1 fully saturated rings. The first-order valence-corrected chi connectivity index (χ1v) is 7.01. The van der Waals surface area contributed by atoms with Crippen LogP contribution in [0.15, 0.2) is 0 Å². The highest BCUT2D eigenvalue weighted by Crippen LogP contribution is 2.37. The summed E-state index contributed by atoms with van der Waals surface area (Å²) in [7, 11) is 0. The third-order valence-electron chi connectivity index (χ3n) is 2.96. The minimum Gasteiger partial charge on any atom is -0.373 e.